The number of carbonyl (C=O) groups excluding carboxylic acids is 3. The molecule has 0 aliphatic carbocycles. The summed E-state index contributed by atoms with van der Waals surface area (Å²) in [5.41, 5.74) is 0. The van der Waals surface area contributed by atoms with Crippen molar-refractivity contribution in [3.8, 4) is 0 Å². The monoisotopic (exact) mass is 977 g/mol. The molecule has 0 aromatic carbocycles. The summed E-state index contributed by atoms with van der Waals surface area (Å²) in [7, 11) is 0. The third-order valence-corrected chi connectivity index (χ3v) is 12.9. The topological polar surface area (TPSA) is 78.9 Å². The summed E-state index contributed by atoms with van der Waals surface area (Å²) in [6.07, 6.45) is 74.7. The number of hydrogen-bond acceptors (Lipinski definition) is 6. The molecule has 0 rings (SSSR count). The van der Waals surface area contributed by atoms with E-state index in [1.807, 2.05) is 0 Å². The SMILES string of the molecule is CC/C=C\C/C=C\C/C=C\CCCCCC(=O)OCC(COC(=O)CCCCCCCCCCCCC/C=C\C/C=C\CCCCCCC)OC(=O)CCCCCCC/C=C\CCCCCCCCC. The van der Waals surface area contributed by atoms with Crippen molar-refractivity contribution in [3.63, 3.8) is 0 Å². The minimum Gasteiger partial charge on any atom is -0.462 e. The van der Waals surface area contributed by atoms with E-state index in [9.17, 15) is 14.4 Å². The van der Waals surface area contributed by atoms with Gasteiger partial charge in [0, 0.05) is 19.3 Å². The normalized spacial score (nSPS) is 12.6. The number of esters is 3. The lowest BCUT2D eigenvalue weighted by molar-refractivity contribution is -0.167. The van der Waals surface area contributed by atoms with Crippen LogP contribution in [0.15, 0.2) is 72.9 Å². The summed E-state index contributed by atoms with van der Waals surface area (Å²) in [5, 5.41) is 0. The molecule has 0 saturated carbocycles. The number of hydrogen-bond donors (Lipinski definition) is 0. The van der Waals surface area contributed by atoms with Crippen molar-refractivity contribution >= 4 is 17.9 Å². The summed E-state index contributed by atoms with van der Waals surface area (Å²) >= 11 is 0. The number of allylic oxidation sites excluding steroid dienone is 12. The van der Waals surface area contributed by atoms with Gasteiger partial charge in [-0.05, 0) is 109 Å². The van der Waals surface area contributed by atoms with Gasteiger partial charge in [-0.2, -0.15) is 0 Å². The predicted octanol–water partition coefficient (Wildman–Crippen LogP) is 20.2. The van der Waals surface area contributed by atoms with Crippen LogP contribution < -0.4 is 0 Å². The van der Waals surface area contributed by atoms with Gasteiger partial charge in [0.2, 0.25) is 0 Å². The van der Waals surface area contributed by atoms with Gasteiger partial charge in [-0.25, -0.2) is 0 Å². The summed E-state index contributed by atoms with van der Waals surface area (Å²) in [5.74, 6) is -0.920. The highest BCUT2D eigenvalue weighted by Gasteiger charge is 2.19. The molecule has 0 aliphatic rings. The maximum atomic E-state index is 12.9. The zero-order valence-corrected chi connectivity index (χ0v) is 46.3. The number of unbranched alkanes of at least 4 members (excludes halogenated alkanes) is 31. The van der Waals surface area contributed by atoms with Gasteiger partial charge in [0.05, 0.1) is 0 Å². The molecule has 6 heteroatoms. The van der Waals surface area contributed by atoms with E-state index in [4.69, 9.17) is 14.2 Å². The maximum absolute atomic E-state index is 12.9. The Kier molecular flexibility index (Phi) is 55.8. The van der Waals surface area contributed by atoms with Crippen molar-refractivity contribution in [2.75, 3.05) is 13.2 Å². The Bertz CT molecular complexity index is 1310. The van der Waals surface area contributed by atoms with Crippen molar-refractivity contribution in [3.05, 3.63) is 72.9 Å². The largest absolute Gasteiger partial charge is 0.462 e. The van der Waals surface area contributed by atoms with Gasteiger partial charge in [0.1, 0.15) is 13.2 Å². The second-order valence-corrected chi connectivity index (χ2v) is 19.9. The Morgan fingerprint density at radius 1 is 0.300 bits per heavy atom. The van der Waals surface area contributed by atoms with E-state index < -0.39 is 6.10 Å². The van der Waals surface area contributed by atoms with Crippen LogP contribution in [-0.2, 0) is 28.6 Å². The van der Waals surface area contributed by atoms with E-state index in [1.54, 1.807) is 0 Å². The van der Waals surface area contributed by atoms with E-state index in [-0.39, 0.29) is 31.1 Å². The third kappa shape index (κ3) is 55.8. The lowest BCUT2D eigenvalue weighted by atomic mass is 10.0. The molecule has 0 radical (unpaired) electrons. The van der Waals surface area contributed by atoms with Crippen molar-refractivity contribution in [2.45, 2.75) is 303 Å². The molecule has 70 heavy (non-hydrogen) atoms. The molecule has 6 nitrogen and oxygen atoms in total. The zero-order chi connectivity index (χ0) is 50.7. The Labute approximate surface area is 433 Å². The number of carbonyl (C=O) groups is 3. The maximum Gasteiger partial charge on any atom is 0.306 e. The molecule has 404 valence electrons. The fourth-order valence-electron chi connectivity index (χ4n) is 8.42. The molecule has 0 bridgehead atoms. The summed E-state index contributed by atoms with van der Waals surface area (Å²) in [6, 6.07) is 0. The van der Waals surface area contributed by atoms with Crippen LogP contribution in [0.5, 0.6) is 0 Å². The highest BCUT2D eigenvalue weighted by Crippen LogP contribution is 2.15. The van der Waals surface area contributed by atoms with Crippen LogP contribution in [0.4, 0.5) is 0 Å². The quantitative estimate of drug-likeness (QED) is 0.0261. The van der Waals surface area contributed by atoms with Crippen LogP contribution in [-0.4, -0.2) is 37.2 Å². The molecular weight excluding hydrogens is 865 g/mol. The zero-order valence-electron chi connectivity index (χ0n) is 46.3. The molecule has 0 saturated heterocycles. The second kappa shape index (κ2) is 58.4. The van der Waals surface area contributed by atoms with Gasteiger partial charge >= 0.3 is 17.9 Å². The third-order valence-electron chi connectivity index (χ3n) is 12.9. The molecule has 0 aromatic heterocycles. The van der Waals surface area contributed by atoms with Gasteiger partial charge in [0.15, 0.2) is 6.10 Å². The average molecular weight is 978 g/mol. The minimum atomic E-state index is -0.793. The van der Waals surface area contributed by atoms with Gasteiger partial charge < -0.3 is 14.2 Å². The van der Waals surface area contributed by atoms with Crippen molar-refractivity contribution in [1.82, 2.24) is 0 Å². The van der Waals surface area contributed by atoms with Crippen LogP contribution in [0.3, 0.4) is 0 Å². The minimum absolute atomic E-state index is 0.0883. The number of ether oxygens (including phenoxy) is 3. The van der Waals surface area contributed by atoms with Gasteiger partial charge in [-0.1, -0.05) is 241 Å². The molecule has 0 aliphatic heterocycles. The second-order valence-electron chi connectivity index (χ2n) is 19.9. The van der Waals surface area contributed by atoms with E-state index >= 15 is 0 Å². The Balaban J connectivity index is 4.34. The fourth-order valence-corrected chi connectivity index (χ4v) is 8.42. The number of rotatable bonds is 54. The fraction of sp³-hybridized carbons (Fsp3) is 0.766. The first kappa shape index (κ1) is 66.9. The van der Waals surface area contributed by atoms with E-state index in [0.717, 1.165) is 103 Å². The summed E-state index contributed by atoms with van der Waals surface area (Å²) in [6.45, 7) is 6.50. The Morgan fingerprint density at radius 3 is 0.900 bits per heavy atom. The first-order chi connectivity index (χ1) is 34.5. The Hall–Kier alpha value is -3.15. The van der Waals surface area contributed by atoms with Crippen LogP contribution >= 0.6 is 0 Å². The molecular formula is C64H112O6. The molecule has 0 N–H and O–H groups in total. The van der Waals surface area contributed by atoms with Crippen LogP contribution in [0, 0.1) is 0 Å². The summed E-state index contributed by atoms with van der Waals surface area (Å²) in [4.78, 5) is 38.2. The molecule has 1 atom stereocenters. The molecule has 0 fully saturated rings. The van der Waals surface area contributed by atoms with Crippen LogP contribution in [0.2, 0.25) is 0 Å². The van der Waals surface area contributed by atoms with Crippen molar-refractivity contribution in [2.24, 2.45) is 0 Å². The lowest BCUT2D eigenvalue weighted by Gasteiger charge is -2.18. The molecule has 0 amide bonds. The molecule has 0 aromatic rings. The molecule has 0 heterocycles. The van der Waals surface area contributed by atoms with Crippen molar-refractivity contribution < 1.29 is 28.6 Å². The summed E-state index contributed by atoms with van der Waals surface area (Å²) < 4.78 is 16.8. The van der Waals surface area contributed by atoms with E-state index in [0.29, 0.717) is 19.3 Å². The molecule has 0 spiro atoms. The first-order valence-corrected chi connectivity index (χ1v) is 29.9. The van der Waals surface area contributed by atoms with E-state index in [1.165, 1.54) is 154 Å². The van der Waals surface area contributed by atoms with Gasteiger partial charge in [-0.15, -0.1) is 0 Å². The standard InChI is InChI=1S/C64H112O6/c1-4-7-10-13-16-19-22-25-27-29-30-31-32-33-34-35-37-39-42-45-48-51-54-57-63(66)69-60-61(59-68-62(65)56-53-50-47-44-41-38-24-21-18-15-12-9-6-3)70-64(67)58-55-52-49-46-43-40-36-28-26-23-20-17-14-11-8-5-2/h9,12,18,21-22,25,28-30,36,38,41,61H,4-8,10-11,13-17,19-20,23-24,26-27,31-35,37,39-40,42-60H2,1-3H3/b12-9-,21-18-,25-22-,30-29-,36-28-,41-38-. The Morgan fingerprint density at radius 2 is 0.557 bits per heavy atom. The van der Waals surface area contributed by atoms with Gasteiger partial charge in [0.25, 0.3) is 0 Å². The van der Waals surface area contributed by atoms with Crippen LogP contribution in [0.1, 0.15) is 297 Å². The van der Waals surface area contributed by atoms with Gasteiger partial charge in [-0.3, -0.25) is 14.4 Å². The average Bonchev–Trinajstić information content (AvgIpc) is 3.36. The highest BCUT2D eigenvalue weighted by molar-refractivity contribution is 5.71. The van der Waals surface area contributed by atoms with E-state index in [2.05, 4.69) is 93.7 Å². The highest BCUT2D eigenvalue weighted by atomic mass is 16.6. The first-order valence-electron chi connectivity index (χ1n) is 29.9. The molecule has 1 unspecified atom stereocenters. The van der Waals surface area contributed by atoms with Crippen molar-refractivity contribution in [1.29, 1.82) is 0 Å². The smallest absolute Gasteiger partial charge is 0.306 e. The predicted molar refractivity (Wildman–Crippen MR) is 302 cm³/mol. The lowest BCUT2D eigenvalue weighted by Crippen LogP contribution is -2.30. The van der Waals surface area contributed by atoms with Crippen LogP contribution in [0.25, 0.3) is 0 Å².